The molecule has 1 aromatic rings. The molecule has 3 unspecified atom stereocenters. The quantitative estimate of drug-likeness (QED) is 0.587. The maximum Gasteiger partial charge on any atom is 0.338 e. The predicted octanol–water partition coefficient (Wildman–Crippen LogP) is 4.28. The van der Waals surface area contributed by atoms with Crippen LogP contribution >= 0.6 is 0 Å². The van der Waals surface area contributed by atoms with E-state index >= 15 is 0 Å². The number of carbonyl (C=O) groups is 1. The molecule has 1 aliphatic carbocycles. The van der Waals surface area contributed by atoms with Gasteiger partial charge in [-0.15, -0.1) is 0 Å². The van der Waals surface area contributed by atoms with E-state index in [2.05, 4.69) is 20.8 Å². The Labute approximate surface area is 148 Å². The predicted molar refractivity (Wildman–Crippen MR) is 91.8 cm³/mol. The summed E-state index contributed by atoms with van der Waals surface area (Å²) in [6, 6.07) is 4.63. The van der Waals surface area contributed by atoms with Gasteiger partial charge in [0.15, 0.2) is 17.7 Å². The van der Waals surface area contributed by atoms with Crippen LogP contribution in [0.3, 0.4) is 0 Å². The zero-order valence-corrected chi connectivity index (χ0v) is 15.3. The number of esters is 1. The maximum atomic E-state index is 13.8. The highest BCUT2D eigenvalue weighted by Gasteiger charge is 2.49. The molecule has 3 rings (SSSR count). The van der Waals surface area contributed by atoms with Crippen molar-refractivity contribution in [2.24, 2.45) is 17.8 Å². The van der Waals surface area contributed by atoms with E-state index in [9.17, 15) is 9.18 Å². The Bertz CT molecular complexity index is 630. The van der Waals surface area contributed by atoms with Crippen LogP contribution in [0.25, 0.3) is 0 Å². The molecule has 1 saturated heterocycles. The van der Waals surface area contributed by atoms with Gasteiger partial charge in [0, 0.05) is 0 Å². The van der Waals surface area contributed by atoms with E-state index in [1.54, 1.807) is 12.1 Å². The largest absolute Gasteiger partial charge is 0.494 e. The summed E-state index contributed by atoms with van der Waals surface area (Å²) in [5, 5.41) is 0. The van der Waals surface area contributed by atoms with Gasteiger partial charge in [-0.2, -0.15) is 0 Å². The first-order chi connectivity index (χ1) is 11.9. The summed E-state index contributed by atoms with van der Waals surface area (Å²) < 4.78 is 30.0. The zero-order valence-electron chi connectivity index (χ0n) is 15.3. The molecular formula is C20H27FO4. The lowest BCUT2D eigenvalue weighted by atomic mass is 9.75. The molecule has 2 aliphatic rings. The maximum absolute atomic E-state index is 13.8. The Hall–Kier alpha value is -1.62. The number of hydrogen-bond acceptors (Lipinski definition) is 4. The summed E-state index contributed by atoms with van der Waals surface area (Å²) in [5.74, 6) is 0.848. The van der Waals surface area contributed by atoms with Gasteiger partial charge in [-0.3, -0.25) is 0 Å². The first-order valence-electron chi connectivity index (χ1n) is 9.10. The van der Waals surface area contributed by atoms with Gasteiger partial charge in [-0.25, -0.2) is 9.18 Å². The molecule has 0 radical (unpaired) electrons. The molecule has 5 atom stereocenters. The van der Waals surface area contributed by atoms with Crippen molar-refractivity contribution >= 4 is 5.97 Å². The fourth-order valence-electron chi connectivity index (χ4n) is 3.87. The van der Waals surface area contributed by atoms with Crippen molar-refractivity contribution in [2.75, 3.05) is 7.11 Å². The molecule has 0 N–H and O–H groups in total. The standard InChI is InChI=1S/C20H27FO4/c1-11(2)14-7-5-12(3)9-17(14)24-20(22)19-18(25-19)13-6-8-16(23-4)15(21)10-13/h6,8,10-12,14,17-19H,5,7,9H2,1-4H3/t12?,14?,17?,18-,19+/m0/s1. The molecule has 0 bridgehead atoms. The second-order valence-electron chi connectivity index (χ2n) is 7.67. The molecule has 1 aliphatic heterocycles. The van der Waals surface area contributed by atoms with Crippen LogP contribution in [-0.4, -0.2) is 25.3 Å². The zero-order chi connectivity index (χ0) is 18.1. The molecule has 25 heavy (non-hydrogen) atoms. The summed E-state index contributed by atoms with van der Waals surface area (Å²) in [6.45, 7) is 6.56. The smallest absolute Gasteiger partial charge is 0.338 e. The lowest BCUT2D eigenvalue weighted by molar-refractivity contribution is -0.157. The van der Waals surface area contributed by atoms with Crippen LogP contribution in [0.2, 0.25) is 0 Å². The van der Waals surface area contributed by atoms with E-state index in [1.165, 1.54) is 19.6 Å². The summed E-state index contributed by atoms with van der Waals surface area (Å²) in [6.07, 6.45) is 2.08. The SMILES string of the molecule is COc1ccc([C@@H]2O[C@H]2C(=O)OC2CC(C)CCC2C(C)C)cc1F. The average molecular weight is 350 g/mol. The van der Waals surface area contributed by atoms with Crippen LogP contribution < -0.4 is 4.74 Å². The number of ether oxygens (including phenoxy) is 3. The number of rotatable bonds is 5. The van der Waals surface area contributed by atoms with E-state index < -0.39 is 18.0 Å². The molecule has 1 aromatic carbocycles. The first kappa shape index (κ1) is 18.2. The lowest BCUT2D eigenvalue weighted by Gasteiger charge is -2.36. The number of epoxide rings is 1. The minimum Gasteiger partial charge on any atom is -0.494 e. The molecule has 4 nitrogen and oxygen atoms in total. The molecule has 0 amide bonds. The highest BCUT2D eigenvalue weighted by atomic mass is 19.1. The minimum atomic E-state index is -0.627. The number of halogens is 1. The minimum absolute atomic E-state index is 0.0475. The molecule has 5 heteroatoms. The van der Waals surface area contributed by atoms with E-state index in [0.29, 0.717) is 23.3 Å². The summed E-state index contributed by atoms with van der Waals surface area (Å²) in [5.41, 5.74) is 0.637. The van der Waals surface area contributed by atoms with E-state index in [1.807, 2.05) is 0 Å². The lowest BCUT2D eigenvalue weighted by Crippen LogP contribution is -2.36. The highest BCUT2D eigenvalue weighted by Crippen LogP contribution is 2.42. The van der Waals surface area contributed by atoms with Gasteiger partial charge >= 0.3 is 5.97 Å². The van der Waals surface area contributed by atoms with Crippen molar-refractivity contribution in [2.45, 2.75) is 58.3 Å². The van der Waals surface area contributed by atoms with Gasteiger partial charge in [0.25, 0.3) is 0 Å². The molecule has 0 spiro atoms. The van der Waals surface area contributed by atoms with Crippen molar-refractivity contribution in [3.8, 4) is 5.75 Å². The number of carbonyl (C=O) groups excluding carboxylic acids is 1. The van der Waals surface area contributed by atoms with Gasteiger partial charge in [0.2, 0.25) is 0 Å². The Morgan fingerprint density at radius 1 is 1.32 bits per heavy atom. The van der Waals surface area contributed by atoms with E-state index in [4.69, 9.17) is 14.2 Å². The summed E-state index contributed by atoms with van der Waals surface area (Å²) >= 11 is 0. The molecule has 1 heterocycles. The van der Waals surface area contributed by atoms with Crippen molar-refractivity contribution in [1.82, 2.24) is 0 Å². The fraction of sp³-hybridized carbons (Fsp3) is 0.650. The Morgan fingerprint density at radius 2 is 2.08 bits per heavy atom. The van der Waals surface area contributed by atoms with E-state index in [0.717, 1.165) is 12.8 Å². The third kappa shape index (κ3) is 3.97. The molecule has 2 fully saturated rings. The van der Waals surface area contributed by atoms with Gasteiger partial charge in [0.05, 0.1) is 7.11 Å². The van der Waals surface area contributed by atoms with Crippen LogP contribution in [0.5, 0.6) is 5.75 Å². The number of hydrogen-bond donors (Lipinski definition) is 0. The van der Waals surface area contributed by atoms with Crippen LogP contribution in [0.1, 0.15) is 51.7 Å². The fourth-order valence-corrected chi connectivity index (χ4v) is 3.87. The van der Waals surface area contributed by atoms with Crippen molar-refractivity contribution in [1.29, 1.82) is 0 Å². The number of methoxy groups -OCH3 is 1. The third-order valence-electron chi connectivity index (χ3n) is 5.46. The monoisotopic (exact) mass is 350 g/mol. The van der Waals surface area contributed by atoms with Crippen LogP contribution in [-0.2, 0) is 14.3 Å². The normalized spacial score (nSPS) is 31.7. The Balaban J connectivity index is 1.62. The first-order valence-corrected chi connectivity index (χ1v) is 9.10. The van der Waals surface area contributed by atoms with E-state index in [-0.39, 0.29) is 17.8 Å². The van der Waals surface area contributed by atoms with Crippen molar-refractivity contribution in [3.05, 3.63) is 29.6 Å². The second-order valence-corrected chi connectivity index (χ2v) is 7.67. The highest BCUT2D eigenvalue weighted by molar-refractivity contribution is 5.78. The van der Waals surface area contributed by atoms with Crippen LogP contribution in [0, 0.1) is 23.6 Å². The van der Waals surface area contributed by atoms with Crippen molar-refractivity contribution < 1.29 is 23.4 Å². The van der Waals surface area contributed by atoms with Gasteiger partial charge in [0.1, 0.15) is 12.2 Å². The topological polar surface area (TPSA) is 48.1 Å². The Morgan fingerprint density at radius 3 is 2.72 bits per heavy atom. The molecular weight excluding hydrogens is 323 g/mol. The third-order valence-corrected chi connectivity index (χ3v) is 5.46. The number of benzene rings is 1. The summed E-state index contributed by atoms with van der Waals surface area (Å²) in [4.78, 5) is 12.5. The molecule has 138 valence electrons. The molecule has 0 aromatic heterocycles. The van der Waals surface area contributed by atoms with Crippen molar-refractivity contribution in [3.63, 3.8) is 0 Å². The van der Waals surface area contributed by atoms with Gasteiger partial charge in [-0.1, -0.05) is 33.3 Å². The molecule has 1 saturated carbocycles. The van der Waals surface area contributed by atoms with Crippen LogP contribution in [0.15, 0.2) is 18.2 Å². The summed E-state index contributed by atoms with van der Waals surface area (Å²) in [7, 11) is 1.42. The average Bonchev–Trinajstić information content (AvgIpc) is 3.35. The van der Waals surface area contributed by atoms with Crippen LogP contribution in [0.4, 0.5) is 4.39 Å². The van der Waals surface area contributed by atoms with Gasteiger partial charge < -0.3 is 14.2 Å². The Kier molecular flexibility index (Phi) is 5.32. The van der Waals surface area contributed by atoms with Gasteiger partial charge in [-0.05, 0) is 48.3 Å². The second kappa shape index (κ2) is 7.32.